The second-order valence-electron chi connectivity index (χ2n) is 6.95. The Morgan fingerprint density at radius 2 is 1.87 bits per heavy atom. The van der Waals surface area contributed by atoms with Crippen molar-refractivity contribution in [1.82, 2.24) is 9.97 Å². The molecule has 1 rings (SSSR count). The molecule has 1 N–H and O–H groups in total. The number of rotatable bonds is 3. The topological polar surface area (TPSA) is 99.5 Å². The van der Waals surface area contributed by atoms with E-state index in [9.17, 15) is 9.35 Å². The lowest BCUT2D eigenvalue weighted by molar-refractivity contribution is 0.0635. The van der Waals surface area contributed by atoms with Gasteiger partial charge in [-0.15, -0.1) is 0 Å². The van der Waals surface area contributed by atoms with Gasteiger partial charge >= 0.3 is 6.09 Å². The average Bonchev–Trinajstić information content (AvgIpc) is 2.35. The fraction of sp³-hybridized carbons (Fsp3) is 0.600. The molecule has 1 heterocycles. The van der Waals surface area contributed by atoms with Crippen molar-refractivity contribution in [2.75, 3.05) is 5.32 Å². The highest BCUT2D eigenvalue weighted by Crippen LogP contribution is 2.18. The largest absolute Gasteiger partial charge is 0.591 e. The van der Waals surface area contributed by atoms with Crippen LogP contribution in [0.15, 0.2) is 16.8 Å². The third-order valence-corrected chi connectivity index (χ3v) is 3.87. The average molecular weight is 340 g/mol. The molecule has 0 saturated carbocycles. The molecular formula is C15H24N4O3S. The molecule has 1 unspecified atom stereocenters. The molecule has 1 amide bonds. The summed E-state index contributed by atoms with van der Waals surface area (Å²) in [5.74, 6) is 0.243. The molecule has 8 heteroatoms. The fourth-order valence-electron chi connectivity index (χ4n) is 1.32. The predicted octanol–water partition coefficient (Wildman–Crippen LogP) is 3.09. The number of anilines is 1. The van der Waals surface area contributed by atoms with Crippen molar-refractivity contribution in [3.63, 3.8) is 0 Å². The Hall–Kier alpha value is -1.67. The maximum absolute atomic E-state index is 12.1. The minimum absolute atomic E-state index is 0.243. The second kappa shape index (κ2) is 7.27. The van der Waals surface area contributed by atoms with Crippen molar-refractivity contribution >= 4 is 29.0 Å². The van der Waals surface area contributed by atoms with Crippen LogP contribution < -0.4 is 5.32 Å². The van der Waals surface area contributed by atoms with E-state index in [4.69, 9.17) is 4.74 Å². The number of nitrogens with one attached hydrogen (secondary N) is 1. The van der Waals surface area contributed by atoms with Gasteiger partial charge in [0.2, 0.25) is 0 Å². The summed E-state index contributed by atoms with van der Waals surface area (Å²) in [6.45, 7) is 12.5. The highest BCUT2D eigenvalue weighted by molar-refractivity contribution is 7.91. The van der Waals surface area contributed by atoms with Crippen molar-refractivity contribution in [3.05, 3.63) is 18.1 Å². The van der Waals surface area contributed by atoms with Crippen molar-refractivity contribution in [1.29, 1.82) is 0 Å². The number of hydrogen-bond donors (Lipinski definition) is 1. The highest BCUT2D eigenvalue weighted by Gasteiger charge is 2.27. The Bertz CT molecular complexity index is 591. The van der Waals surface area contributed by atoms with Crippen LogP contribution in [-0.4, -0.2) is 36.7 Å². The SMILES string of the molecule is CC(=N[S+]([O-])C(C)(C)C)c1cncc(NC(=O)OC(C)(C)C)n1. The van der Waals surface area contributed by atoms with E-state index in [0.29, 0.717) is 11.4 Å². The third kappa shape index (κ3) is 6.96. The molecule has 0 aliphatic heterocycles. The molecule has 23 heavy (non-hydrogen) atoms. The van der Waals surface area contributed by atoms with E-state index in [-0.39, 0.29) is 5.82 Å². The lowest BCUT2D eigenvalue weighted by Crippen LogP contribution is -2.28. The molecule has 0 aromatic carbocycles. The molecule has 128 valence electrons. The van der Waals surface area contributed by atoms with Gasteiger partial charge in [0.05, 0.1) is 12.4 Å². The first-order valence-corrected chi connectivity index (χ1v) is 8.29. The molecule has 0 bridgehead atoms. The summed E-state index contributed by atoms with van der Waals surface area (Å²) in [7, 11) is 0. The number of carbonyl (C=O) groups excluding carboxylic acids is 1. The molecule has 0 aliphatic carbocycles. The van der Waals surface area contributed by atoms with Crippen LogP contribution in [0, 0.1) is 0 Å². The summed E-state index contributed by atoms with van der Waals surface area (Å²) in [5, 5.41) is 2.51. The van der Waals surface area contributed by atoms with E-state index >= 15 is 0 Å². The summed E-state index contributed by atoms with van der Waals surface area (Å²) in [4.78, 5) is 20.0. The number of ether oxygens (including phenoxy) is 1. The van der Waals surface area contributed by atoms with Gasteiger partial charge in [-0.05, 0) is 48.5 Å². The Morgan fingerprint density at radius 3 is 2.39 bits per heavy atom. The van der Waals surface area contributed by atoms with Crippen LogP contribution in [-0.2, 0) is 16.1 Å². The van der Waals surface area contributed by atoms with Crippen LogP contribution in [0.3, 0.4) is 0 Å². The first-order chi connectivity index (χ1) is 10.4. The van der Waals surface area contributed by atoms with Crippen LogP contribution in [0.25, 0.3) is 0 Å². The second-order valence-corrected chi connectivity index (χ2v) is 8.86. The molecule has 1 atom stereocenters. The highest BCUT2D eigenvalue weighted by atomic mass is 32.2. The summed E-state index contributed by atoms with van der Waals surface area (Å²) in [6, 6.07) is 0. The number of nitrogens with zero attached hydrogens (tertiary/aromatic N) is 3. The van der Waals surface area contributed by atoms with Crippen molar-refractivity contribution in [3.8, 4) is 0 Å². The first kappa shape index (κ1) is 19.4. The van der Waals surface area contributed by atoms with Crippen molar-refractivity contribution < 1.29 is 14.1 Å². The summed E-state index contributed by atoms with van der Waals surface area (Å²) < 4.78 is 20.9. The number of amides is 1. The van der Waals surface area contributed by atoms with E-state index in [2.05, 4.69) is 19.7 Å². The van der Waals surface area contributed by atoms with Gasteiger partial charge in [-0.2, -0.15) is 0 Å². The lowest BCUT2D eigenvalue weighted by atomic mass is 10.2. The Kier molecular flexibility index (Phi) is 6.12. The Balaban J connectivity index is 2.88. The monoisotopic (exact) mass is 340 g/mol. The van der Waals surface area contributed by atoms with Gasteiger partial charge in [0.15, 0.2) is 5.82 Å². The van der Waals surface area contributed by atoms with Crippen LogP contribution in [0.5, 0.6) is 0 Å². The van der Waals surface area contributed by atoms with Gasteiger partial charge < -0.3 is 9.29 Å². The van der Waals surface area contributed by atoms with E-state index in [1.54, 1.807) is 27.7 Å². The Morgan fingerprint density at radius 1 is 1.26 bits per heavy atom. The quantitative estimate of drug-likeness (QED) is 0.673. The van der Waals surface area contributed by atoms with Crippen LogP contribution in [0.4, 0.5) is 10.6 Å². The smallest absolute Gasteiger partial charge is 0.413 e. The molecule has 7 nitrogen and oxygen atoms in total. The van der Waals surface area contributed by atoms with Crippen molar-refractivity contribution in [2.45, 2.75) is 58.8 Å². The van der Waals surface area contributed by atoms with Crippen LogP contribution >= 0.6 is 0 Å². The zero-order valence-electron chi connectivity index (χ0n) is 14.6. The van der Waals surface area contributed by atoms with Gasteiger partial charge in [-0.1, -0.05) is 4.40 Å². The molecule has 0 saturated heterocycles. The number of carbonyl (C=O) groups is 1. The fourth-order valence-corrected chi connectivity index (χ4v) is 1.93. The zero-order chi connectivity index (χ0) is 17.8. The standard InChI is InChI=1S/C15H24N4O3S/c1-10(19-23(21)15(5,6)7)11-8-16-9-12(17-11)18-13(20)22-14(2,3)4/h8-9H,1-7H3,(H,17,18,20). The minimum atomic E-state index is -1.39. The van der Waals surface area contributed by atoms with Gasteiger partial charge in [0, 0.05) is 0 Å². The van der Waals surface area contributed by atoms with Gasteiger partial charge in [-0.3, -0.25) is 10.3 Å². The zero-order valence-corrected chi connectivity index (χ0v) is 15.4. The maximum Gasteiger partial charge on any atom is 0.413 e. The van der Waals surface area contributed by atoms with Crippen LogP contribution in [0.2, 0.25) is 0 Å². The van der Waals surface area contributed by atoms with Gasteiger partial charge in [0.1, 0.15) is 33.1 Å². The maximum atomic E-state index is 12.1. The summed E-state index contributed by atoms with van der Waals surface area (Å²) >= 11 is -1.39. The van der Waals surface area contributed by atoms with Gasteiger partial charge in [-0.25, -0.2) is 9.78 Å². The Labute approximate surface area is 140 Å². The van der Waals surface area contributed by atoms with E-state index < -0.39 is 27.8 Å². The lowest BCUT2D eigenvalue weighted by Gasteiger charge is -2.19. The third-order valence-electron chi connectivity index (χ3n) is 2.38. The first-order valence-electron chi connectivity index (χ1n) is 7.18. The summed E-state index contributed by atoms with van der Waals surface area (Å²) in [5.41, 5.74) is 0.325. The normalized spacial score (nSPS) is 14.3. The molecule has 0 spiro atoms. The van der Waals surface area contributed by atoms with E-state index in [1.165, 1.54) is 12.4 Å². The minimum Gasteiger partial charge on any atom is -0.591 e. The number of aromatic nitrogens is 2. The van der Waals surface area contributed by atoms with Gasteiger partial charge in [0.25, 0.3) is 0 Å². The molecule has 0 aliphatic rings. The predicted molar refractivity (Wildman–Crippen MR) is 92.0 cm³/mol. The molecule has 0 fully saturated rings. The molecular weight excluding hydrogens is 316 g/mol. The van der Waals surface area contributed by atoms with Crippen molar-refractivity contribution in [2.24, 2.45) is 4.40 Å². The van der Waals surface area contributed by atoms with Crippen LogP contribution in [0.1, 0.15) is 54.2 Å². The molecule has 1 aromatic rings. The molecule has 1 aromatic heterocycles. The van der Waals surface area contributed by atoms with E-state index in [1.807, 2.05) is 20.8 Å². The van der Waals surface area contributed by atoms with E-state index in [0.717, 1.165) is 0 Å². The summed E-state index contributed by atoms with van der Waals surface area (Å²) in [6.07, 6.45) is 2.29. The number of hydrogen-bond acceptors (Lipinski definition) is 6. The molecule has 0 radical (unpaired) electrons.